The number of aromatic nitrogens is 1. The van der Waals surface area contributed by atoms with Gasteiger partial charge >= 0.3 is 0 Å². The van der Waals surface area contributed by atoms with Gasteiger partial charge in [0, 0.05) is 37.6 Å². The molecule has 0 aromatic carbocycles. The minimum atomic E-state index is 0.358. The van der Waals surface area contributed by atoms with Crippen LogP contribution in [0.5, 0.6) is 5.88 Å². The summed E-state index contributed by atoms with van der Waals surface area (Å²) < 4.78 is 10.4. The first-order chi connectivity index (χ1) is 9.72. The van der Waals surface area contributed by atoms with Gasteiger partial charge in [-0.15, -0.1) is 0 Å². The maximum atomic E-state index is 5.33. The van der Waals surface area contributed by atoms with E-state index in [1.54, 1.807) is 14.2 Å². The van der Waals surface area contributed by atoms with E-state index in [0.29, 0.717) is 18.0 Å². The van der Waals surface area contributed by atoms with Gasteiger partial charge in [-0.25, -0.2) is 4.98 Å². The third-order valence-corrected chi connectivity index (χ3v) is 3.68. The molecule has 1 aromatic rings. The summed E-state index contributed by atoms with van der Waals surface area (Å²) in [7, 11) is 3.42. The summed E-state index contributed by atoms with van der Waals surface area (Å²) in [5, 5.41) is 3.62. The zero-order valence-corrected chi connectivity index (χ0v) is 12.8. The zero-order chi connectivity index (χ0) is 14.4. The molecule has 0 amide bonds. The molecule has 1 fully saturated rings. The van der Waals surface area contributed by atoms with E-state index in [9.17, 15) is 0 Å². The predicted molar refractivity (Wildman–Crippen MR) is 80.2 cm³/mol. The van der Waals surface area contributed by atoms with Crippen molar-refractivity contribution in [2.75, 3.05) is 20.8 Å². The number of pyridine rings is 1. The van der Waals surface area contributed by atoms with Crippen molar-refractivity contribution in [1.29, 1.82) is 0 Å². The van der Waals surface area contributed by atoms with Gasteiger partial charge in [0.25, 0.3) is 0 Å². The first kappa shape index (κ1) is 15.3. The Hall–Kier alpha value is -1.13. The highest BCUT2D eigenvalue weighted by Crippen LogP contribution is 2.26. The number of unbranched alkanes of at least 4 members (excludes halogenated alkanes) is 1. The van der Waals surface area contributed by atoms with E-state index in [1.807, 2.05) is 6.07 Å². The number of methoxy groups -OCH3 is 2. The Morgan fingerprint density at radius 1 is 1.30 bits per heavy atom. The minimum absolute atomic E-state index is 0.358. The van der Waals surface area contributed by atoms with Crippen LogP contribution in [-0.2, 0) is 11.2 Å². The van der Waals surface area contributed by atoms with Crippen molar-refractivity contribution in [3.05, 3.63) is 23.4 Å². The number of hydrogen-bond donors (Lipinski definition) is 1. The topological polar surface area (TPSA) is 43.4 Å². The third-order valence-electron chi connectivity index (χ3n) is 3.68. The molecule has 1 aromatic heterocycles. The van der Waals surface area contributed by atoms with E-state index >= 15 is 0 Å². The van der Waals surface area contributed by atoms with Crippen LogP contribution < -0.4 is 10.1 Å². The molecular weight excluding hydrogens is 252 g/mol. The fourth-order valence-electron chi connectivity index (χ4n) is 2.32. The molecule has 0 bridgehead atoms. The Kier molecular flexibility index (Phi) is 5.80. The van der Waals surface area contributed by atoms with Gasteiger partial charge in [-0.3, -0.25) is 0 Å². The molecule has 1 aliphatic carbocycles. The van der Waals surface area contributed by atoms with E-state index in [-0.39, 0.29) is 0 Å². The second kappa shape index (κ2) is 7.60. The number of hydrogen-bond acceptors (Lipinski definition) is 4. The summed E-state index contributed by atoms with van der Waals surface area (Å²) in [4.78, 5) is 4.54. The fraction of sp³-hybridized carbons (Fsp3) is 0.688. The van der Waals surface area contributed by atoms with Crippen molar-refractivity contribution in [2.24, 2.45) is 0 Å². The molecule has 1 saturated carbocycles. The molecular formula is C16H26N2O2. The number of nitrogens with one attached hydrogen (secondary N) is 1. The highest BCUT2D eigenvalue weighted by molar-refractivity contribution is 5.28. The highest BCUT2D eigenvalue weighted by atomic mass is 16.5. The summed E-state index contributed by atoms with van der Waals surface area (Å²) in [6, 6.07) is 5.31. The summed E-state index contributed by atoms with van der Waals surface area (Å²) in [6.45, 7) is 3.03. The van der Waals surface area contributed by atoms with Crippen LogP contribution in [0, 0.1) is 0 Å². The maximum Gasteiger partial charge on any atom is 0.213 e. The lowest BCUT2D eigenvalue weighted by atomic mass is 10.1. The number of ether oxygens (including phenoxy) is 2. The largest absolute Gasteiger partial charge is 0.481 e. The van der Waals surface area contributed by atoms with Crippen molar-refractivity contribution in [2.45, 2.75) is 51.1 Å². The fourth-order valence-corrected chi connectivity index (χ4v) is 2.32. The van der Waals surface area contributed by atoms with Gasteiger partial charge in [-0.2, -0.15) is 0 Å². The molecule has 0 unspecified atom stereocenters. The Bertz CT molecular complexity index is 419. The van der Waals surface area contributed by atoms with Crippen molar-refractivity contribution >= 4 is 0 Å². The highest BCUT2D eigenvalue weighted by Gasteiger charge is 2.23. The summed E-state index contributed by atoms with van der Waals surface area (Å²) in [5.74, 6) is 0.716. The van der Waals surface area contributed by atoms with E-state index in [0.717, 1.165) is 31.6 Å². The average Bonchev–Trinajstić information content (AvgIpc) is 3.27. The van der Waals surface area contributed by atoms with Gasteiger partial charge in [0.2, 0.25) is 5.88 Å². The molecule has 0 spiro atoms. The summed E-state index contributed by atoms with van der Waals surface area (Å²) in [5.41, 5.74) is 2.38. The molecule has 0 saturated heterocycles. The van der Waals surface area contributed by atoms with E-state index in [1.165, 1.54) is 18.4 Å². The summed E-state index contributed by atoms with van der Waals surface area (Å²) in [6.07, 6.45) is 5.75. The Labute approximate surface area is 121 Å². The van der Waals surface area contributed by atoms with Gasteiger partial charge in [0.05, 0.1) is 7.11 Å². The second-order valence-corrected chi connectivity index (χ2v) is 5.55. The monoisotopic (exact) mass is 278 g/mol. The molecule has 4 heteroatoms. The van der Waals surface area contributed by atoms with Gasteiger partial charge in [-0.05, 0) is 50.7 Å². The molecule has 112 valence electrons. The number of aryl methyl sites for hydroxylation is 1. The smallest absolute Gasteiger partial charge is 0.213 e. The van der Waals surface area contributed by atoms with Crippen LogP contribution in [-0.4, -0.2) is 31.9 Å². The van der Waals surface area contributed by atoms with Gasteiger partial charge in [0.1, 0.15) is 0 Å². The normalized spacial score (nSPS) is 16.1. The Morgan fingerprint density at radius 2 is 2.10 bits per heavy atom. The van der Waals surface area contributed by atoms with Crippen LogP contribution in [0.3, 0.4) is 0 Å². The lowest BCUT2D eigenvalue weighted by Gasteiger charge is -2.16. The van der Waals surface area contributed by atoms with Gasteiger partial charge in [0.15, 0.2) is 0 Å². The Morgan fingerprint density at radius 3 is 2.75 bits per heavy atom. The van der Waals surface area contributed by atoms with Crippen molar-refractivity contribution in [3.8, 4) is 5.88 Å². The van der Waals surface area contributed by atoms with Crippen LogP contribution >= 0.6 is 0 Å². The van der Waals surface area contributed by atoms with Crippen LogP contribution in [0.25, 0.3) is 0 Å². The van der Waals surface area contributed by atoms with Crippen molar-refractivity contribution < 1.29 is 9.47 Å². The lowest BCUT2D eigenvalue weighted by Crippen LogP contribution is -2.21. The predicted octanol–water partition coefficient (Wildman–Crippen LogP) is 2.87. The Balaban J connectivity index is 1.98. The van der Waals surface area contributed by atoms with Crippen molar-refractivity contribution in [3.63, 3.8) is 0 Å². The average molecular weight is 278 g/mol. The lowest BCUT2D eigenvalue weighted by molar-refractivity contribution is 0.193. The molecule has 1 N–H and O–H groups in total. The molecule has 0 aliphatic heterocycles. The second-order valence-electron chi connectivity index (χ2n) is 5.55. The van der Waals surface area contributed by atoms with Gasteiger partial charge in [-0.1, -0.05) is 0 Å². The maximum absolute atomic E-state index is 5.33. The zero-order valence-electron chi connectivity index (χ0n) is 12.8. The summed E-state index contributed by atoms with van der Waals surface area (Å²) >= 11 is 0. The molecule has 0 radical (unpaired) electrons. The molecule has 1 aliphatic rings. The molecule has 1 atom stereocenters. The first-order valence-corrected chi connectivity index (χ1v) is 7.52. The molecule has 4 nitrogen and oxygen atoms in total. The van der Waals surface area contributed by atoms with Crippen LogP contribution in [0.4, 0.5) is 0 Å². The van der Waals surface area contributed by atoms with Crippen LogP contribution in [0.15, 0.2) is 12.1 Å². The van der Waals surface area contributed by atoms with Gasteiger partial charge < -0.3 is 14.8 Å². The number of nitrogens with zero attached hydrogens (tertiary/aromatic N) is 1. The number of rotatable bonds is 9. The third kappa shape index (κ3) is 4.76. The van der Waals surface area contributed by atoms with E-state index in [2.05, 4.69) is 23.3 Å². The van der Waals surface area contributed by atoms with Crippen LogP contribution in [0.1, 0.15) is 49.9 Å². The van der Waals surface area contributed by atoms with Crippen LogP contribution in [0.2, 0.25) is 0 Å². The van der Waals surface area contributed by atoms with Crippen molar-refractivity contribution in [1.82, 2.24) is 10.3 Å². The SMILES string of the molecule is COCCCCc1cc([C@H](C)NC2CC2)cc(OC)n1. The first-order valence-electron chi connectivity index (χ1n) is 7.52. The minimum Gasteiger partial charge on any atom is -0.481 e. The standard InChI is InChI=1S/C16H26N2O2/c1-12(17-14-7-8-14)13-10-15(6-4-5-9-19-2)18-16(11-13)20-3/h10-12,14,17H,4-9H2,1-3H3/t12-/m0/s1. The van der Waals surface area contributed by atoms with E-state index in [4.69, 9.17) is 9.47 Å². The quantitative estimate of drug-likeness (QED) is 0.705. The van der Waals surface area contributed by atoms with E-state index < -0.39 is 0 Å². The molecule has 20 heavy (non-hydrogen) atoms. The molecule has 1 heterocycles. The molecule has 2 rings (SSSR count).